The molecule has 3 aromatic rings. The van der Waals surface area contributed by atoms with Crippen molar-refractivity contribution in [3.63, 3.8) is 0 Å². The van der Waals surface area contributed by atoms with Gasteiger partial charge in [-0.1, -0.05) is 42.5 Å². The topological polar surface area (TPSA) is 153 Å². The van der Waals surface area contributed by atoms with Gasteiger partial charge in [0.25, 0.3) is 5.91 Å². The van der Waals surface area contributed by atoms with Crippen molar-refractivity contribution in [1.29, 1.82) is 0 Å². The second-order valence-electron chi connectivity index (χ2n) is 12.6. The second kappa shape index (κ2) is 16.1. The van der Waals surface area contributed by atoms with Crippen LogP contribution in [0.1, 0.15) is 58.7 Å². The molecule has 0 aliphatic rings. The molecule has 0 aliphatic carbocycles. The van der Waals surface area contributed by atoms with Crippen molar-refractivity contribution < 1.29 is 33.4 Å². The highest BCUT2D eigenvalue weighted by Crippen LogP contribution is 2.24. The van der Waals surface area contributed by atoms with E-state index < -0.39 is 41.1 Å². The molecule has 47 heavy (non-hydrogen) atoms. The quantitative estimate of drug-likeness (QED) is 0.238. The van der Waals surface area contributed by atoms with Crippen LogP contribution in [0.2, 0.25) is 0 Å². The molecule has 1 aromatic heterocycles. The number of nitrogens with one attached hydrogen (secondary N) is 3. The standard InChI is InChI=1S/C34H46N6O7/c1-9-46-25-17-15-24(16-18-25)28(30(42)39(7)8)40-19-27(35-22-40)37-29(41)26(21-45-20-23-13-11-10-12-14-23)36-31(43)34(5,6)38-32(44)47-33(2,3)4/h10-19,22,26,28H,9,20-21H2,1-8H3,(H,36,43)(H,37,41)(H,38,44). The average molecular weight is 651 g/mol. The Morgan fingerprint density at radius 2 is 1.62 bits per heavy atom. The number of imidazole rings is 1. The van der Waals surface area contributed by atoms with Crippen molar-refractivity contribution in [2.75, 3.05) is 32.6 Å². The van der Waals surface area contributed by atoms with Gasteiger partial charge >= 0.3 is 6.09 Å². The lowest BCUT2D eigenvalue weighted by molar-refractivity contribution is -0.131. The van der Waals surface area contributed by atoms with E-state index in [0.29, 0.717) is 17.9 Å². The highest BCUT2D eigenvalue weighted by molar-refractivity contribution is 5.98. The van der Waals surface area contributed by atoms with Crippen LogP contribution in [0, 0.1) is 0 Å². The van der Waals surface area contributed by atoms with Gasteiger partial charge in [-0.25, -0.2) is 9.78 Å². The summed E-state index contributed by atoms with van der Waals surface area (Å²) in [5.41, 5.74) is -0.618. The van der Waals surface area contributed by atoms with Crippen LogP contribution < -0.4 is 20.7 Å². The lowest BCUT2D eigenvalue weighted by atomic mass is 10.0. The molecule has 4 amide bonds. The maximum absolute atomic E-state index is 13.6. The van der Waals surface area contributed by atoms with E-state index in [2.05, 4.69) is 20.9 Å². The number of hydrogen-bond donors (Lipinski definition) is 3. The van der Waals surface area contributed by atoms with Crippen molar-refractivity contribution in [1.82, 2.24) is 25.1 Å². The number of amides is 4. The molecule has 0 radical (unpaired) electrons. The van der Waals surface area contributed by atoms with Gasteiger partial charge in [-0.3, -0.25) is 14.4 Å². The molecule has 3 rings (SSSR count). The molecule has 0 aliphatic heterocycles. The number of nitrogens with zero attached hydrogens (tertiary/aromatic N) is 3. The molecule has 0 bridgehead atoms. The minimum atomic E-state index is -1.43. The summed E-state index contributed by atoms with van der Waals surface area (Å²) >= 11 is 0. The number of aromatic nitrogens is 2. The van der Waals surface area contributed by atoms with Gasteiger partial charge in [0.1, 0.15) is 29.0 Å². The van der Waals surface area contributed by atoms with Crippen LogP contribution in [0.15, 0.2) is 67.1 Å². The number of alkyl carbamates (subject to hydrolysis) is 1. The van der Waals surface area contributed by atoms with E-state index in [1.165, 1.54) is 31.3 Å². The summed E-state index contributed by atoms with van der Waals surface area (Å²) in [5, 5.41) is 7.94. The average Bonchev–Trinajstić information content (AvgIpc) is 3.44. The fourth-order valence-corrected chi connectivity index (χ4v) is 4.36. The van der Waals surface area contributed by atoms with Crippen LogP contribution in [-0.4, -0.2) is 82.8 Å². The molecule has 0 saturated carbocycles. The minimum Gasteiger partial charge on any atom is -0.494 e. The highest BCUT2D eigenvalue weighted by Gasteiger charge is 2.35. The first-order valence-electron chi connectivity index (χ1n) is 15.3. The van der Waals surface area contributed by atoms with Crippen molar-refractivity contribution in [2.24, 2.45) is 0 Å². The summed E-state index contributed by atoms with van der Waals surface area (Å²) < 4.78 is 18.2. The summed E-state index contributed by atoms with van der Waals surface area (Å²) in [5.74, 6) is -0.613. The van der Waals surface area contributed by atoms with Crippen molar-refractivity contribution >= 4 is 29.6 Å². The fraction of sp³-hybridized carbons (Fsp3) is 0.441. The molecular weight excluding hydrogens is 604 g/mol. The summed E-state index contributed by atoms with van der Waals surface area (Å²) in [4.78, 5) is 58.3. The summed E-state index contributed by atoms with van der Waals surface area (Å²) in [6.45, 7) is 10.6. The Hall–Kier alpha value is -4.91. The number of carbonyl (C=O) groups excluding carboxylic acids is 4. The second-order valence-corrected chi connectivity index (χ2v) is 12.6. The van der Waals surface area contributed by atoms with E-state index in [4.69, 9.17) is 14.2 Å². The van der Waals surface area contributed by atoms with Gasteiger partial charge < -0.3 is 39.6 Å². The van der Waals surface area contributed by atoms with Gasteiger partial charge in [0.15, 0.2) is 5.82 Å². The molecule has 13 nitrogen and oxygen atoms in total. The first-order valence-corrected chi connectivity index (χ1v) is 15.3. The van der Waals surface area contributed by atoms with Gasteiger partial charge in [0, 0.05) is 20.3 Å². The number of rotatable bonds is 14. The van der Waals surface area contributed by atoms with Gasteiger partial charge in [0.2, 0.25) is 11.8 Å². The third-order valence-electron chi connectivity index (χ3n) is 6.73. The lowest BCUT2D eigenvalue weighted by Crippen LogP contribution is -2.59. The predicted molar refractivity (Wildman–Crippen MR) is 177 cm³/mol. The first kappa shape index (κ1) is 36.6. The number of likely N-dealkylation sites (N-methyl/N-ethyl adjacent to an activating group) is 1. The SMILES string of the molecule is CCOc1ccc(C(C(=O)N(C)C)n2cnc(NC(=O)C(COCc3ccccc3)NC(=O)C(C)(C)NC(=O)OC(C)(C)C)c2)cc1. The van der Waals surface area contributed by atoms with Gasteiger partial charge in [-0.2, -0.15) is 0 Å². The molecule has 254 valence electrons. The Morgan fingerprint density at radius 3 is 2.21 bits per heavy atom. The number of ether oxygens (including phenoxy) is 3. The van der Waals surface area contributed by atoms with E-state index in [-0.39, 0.29) is 24.9 Å². The minimum absolute atomic E-state index is 0.158. The number of benzene rings is 2. The Labute approximate surface area is 276 Å². The first-order chi connectivity index (χ1) is 22.1. The van der Waals surface area contributed by atoms with Crippen molar-refractivity contribution in [2.45, 2.75) is 71.4 Å². The van der Waals surface area contributed by atoms with Crippen molar-refractivity contribution in [3.05, 3.63) is 78.2 Å². The van der Waals surface area contributed by atoms with Crippen LogP contribution in [0.4, 0.5) is 10.6 Å². The maximum atomic E-state index is 13.6. The Balaban J connectivity index is 1.80. The smallest absolute Gasteiger partial charge is 0.408 e. The van der Waals surface area contributed by atoms with Crippen molar-refractivity contribution in [3.8, 4) is 5.75 Å². The van der Waals surface area contributed by atoms with Gasteiger partial charge in [-0.05, 0) is 64.8 Å². The summed E-state index contributed by atoms with van der Waals surface area (Å²) in [7, 11) is 3.32. The molecule has 0 spiro atoms. The fourth-order valence-electron chi connectivity index (χ4n) is 4.36. The largest absolute Gasteiger partial charge is 0.494 e. The summed E-state index contributed by atoms with van der Waals surface area (Å²) in [6, 6.07) is 14.6. The monoisotopic (exact) mass is 650 g/mol. The number of anilines is 1. The molecule has 0 fully saturated rings. The number of hydrogen-bond acceptors (Lipinski definition) is 8. The molecule has 13 heteroatoms. The van der Waals surface area contributed by atoms with Gasteiger partial charge in [-0.15, -0.1) is 0 Å². The maximum Gasteiger partial charge on any atom is 0.408 e. The Kier molecular flexibility index (Phi) is 12.5. The van der Waals surface area contributed by atoms with E-state index in [1.54, 1.807) is 63.7 Å². The van der Waals surface area contributed by atoms with Crippen LogP contribution >= 0.6 is 0 Å². The van der Waals surface area contributed by atoms with Crippen LogP contribution in [0.25, 0.3) is 0 Å². The van der Waals surface area contributed by atoms with Crippen LogP contribution in [0.5, 0.6) is 5.75 Å². The normalized spacial score (nSPS) is 12.8. The third-order valence-corrected chi connectivity index (χ3v) is 6.73. The van der Waals surface area contributed by atoms with E-state index in [1.807, 2.05) is 37.3 Å². The Bertz CT molecular complexity index is 1500. The summed E-state index contributed by atoms with van der Waals surface area (Å²) in [6.07, 6.45) is 2.21. The highest BCUT2D eigenvalue weighted by atomic mass is 16.6. The van der Waals surface area contributed by atoms with E-state index in [0.717, 1.165) is 5.56 Å². The predicted octanol–water partition coefficient (Wildman–Crippen LogP) is 3.90. The van der Waals surface area contributed by atoms with Crippen LogP contribution in [-0.2, 0) is 30.5 Å². The molecule has 2 atom stereocenters. The molecule has 2 unspecified atom stereocenters. The van der Waals surface area contributed by atoms with E-state index >= 15 is 0 Å². The van der Waals surface area contributed by atoms with Gasteiger partial charge in [0.05, 0.1) is 26.1 Å². The molecular formula is C34H46N6O7. The number of carbonyl (C=O) groups is 4. The zero-order valence-electron chi connectivity index (χ0n) is 28.3. The lowest BCUT2D eigenvalue weighted by Gasteiger charge is -2.29. The van der Waals surface area contributed by atoms with Crippen LogP contribution in [0.3, 0.4) is 0 Å². The zero-order chi connectivity index (χ0) is 34.8. The molecule has 0 saturated heterocycles. The Morgan fingerprint density at radius 1 is 0.957 bits per heavy atom. The molecule has 3 N–H and O–H groups in total. The zero-order valence-corrected chi connectivity index (χ0v) is 28.3. The molecule has 2 aromatic carbocycles. The molecule has 1 heterocycles. The van der Waals surface area contributed by atoms with E-state index in [9.17, 15) is 19.2 Å². The third kappa shape index (κ3) is 11.1.